The summed E-state index contributed by atoms with van der Waals surface area (Å²) in [5.41, 5.74) is 1.90. The Bertz CT molecular complexity index is 347. The first-order valence-corrected chi connectivity index (χ1v) is 4.84. The third-order valence-corrected chi connectivity index (χ3v) is 2.03. The van der Waals surface area contributed by atoms with Crippen LogP contribution >= 0.6 is 0 Å². The number of ether oxygens (including phenoxy) is 1. The summed E-state index contributed by atoms with van der Waals surface area (Å²) in [5.74, 6) is 1.03. The van der Waals surface area contributed by atoms with Crippen molar-refractivity contribution in [3.8, 4) is 11.5 Å². The van der Waals surface area contributed by atoms with E-state index < -0.39 is 0 Å². The Kier molecular flexibility index (Phi) is 4.18. The average Bonchev–Trinajstić information content (AvgIpc) is 2.20. The molecule has 0 saturated heterocycles. The zero-order valence-electron chi connectivity index (χ0n) is 9.21. The van der Waals surface area contributed by atoms with Crippen molar-refractivity contribution >= 4 is 0 Å². The SMILES string of the molecule is C=C(C)CNCc1cc(OC)ccc1O. The van der Waals surface area contributed by atoms with Crippen LogP contribution in [0.2, 0.25) is 0 Å². The van der Waals surface area contributed by atoms with Gasteiger partial charge in [-0.05, 0) is 25.1 Å². The van der Waals surface area contributed by atoms with Crippen molar-refractivity contribution < 1.29 is 9.84 Å². The summed E-state index contributed by atoms with van der Waals surface area (Å²) in [6.45, 7) is 7.10. The minimum absolute atomic E-state index is 0.282. The fraction of sp³-hybridized carbons (Fsp3) is 0.333. The maximum atomic E-state index is 9.58. The van der Waals surface area contributed by atoms with E-state index in [-0.39, 0.29) is 5.75 Å². The number of phenols is 1. The summed E-state index contributed by atoms with van der Waals surface area (Å²) in [4.78, 5) is 0. The minimum Gasteiger partial charge on any atom is -0.508 e. The van der Waals surface area contributed by atoms with Crippen molar-refractivity contribution in [1.82, 2.24) is 5.32 Å². The van der Waals surface area contributed by atoms with E-state index in [1.54, 1.807) is 19.2 Å². The molecular formula is C12H17NO2. The summed E-state index contributed by atoms with van der Waals surface area (Å²) in [5, 5.41) is 12.8. The molecule has 0 aromatic heterocycles. The first-order valence-electron chi connectivity index (χ1n) is 4.84. The lowest BCUT2D eigenvalue weighted by Crippen LogP contribution is -2.15. The maximum absolute atomic E-state index is 9.58. The van der Waals surface area contributed by atoms with Crippen molar-refractivity contribution in [2.24, 2.45) is 0 Å². The third-order valence-electron chi connectivity index (χ3n) is 2.03. The number of methoxy groups -OCH3 is 1. The fourth-order valence-corrected chi connectivity index (χ4v) is 1.24. The largest absolute Gasteiger partial charge is 0.508 e. The molecule has 15 heavy (non-hydrogen) atoms. The van der Waals surface area contributed by atoms with Crippen LogP contribution in [0.25, 0.3) is 0 Å². The van der Waals surface area contributed by atoms with Crippen LogP contribution in [-0.4, -0.2) is 18.8 Å². The Morgan fingerprint density at radius 3 is 2.87 bits per heavy atom. The van der Waals surface area contributed by atoms with Crippen LogP contribution in [-0.2, 0) is 6.54 Å². The molecule has 1 aromatic rings. The van der Waals surface area contributed by atoms with E-state index in [1.807, 2.05) is 13.0 Å². The highest BCUT2D eigenvalue weighted by molar-refractivity contribution is 5.39. The highest BCUT2D eigenvalue weighted by Crippen LogP contribution is 2.22. The molecule has 1 aromatic carbocycles. The Morgan fingerprint density at radius 1 is 1.53 bits per heavy atom. The van der Waals surface area contributed by atoms with E-state index in [4.69, 9.17) is 4.74 Å². The van der Waals surface area contributed by atoms with E-state index in [0.717, 1.165) is 23.4 Å². The van der Waals surface area contributed by atoms with Crippen LogP contribution in [0.15, 0.2) is 30.4 Å². The van der Waals surface area contributed by atoms with E-state index in [1.165, 1.54) is 0 Å². The molecule has 0 bridgehead atoms. The molecule has 0 saturated carbocycles. The second-order valence-electron chi connectivity index (χ2n) is 3.56. The fourth-order valence-electron chi connectivity index (χ4n) is 1.24. The van der Waals surface area contributed by atoms with E-state index in [2.05, 4.69) is 11.9 Å². The Morgan fingerprint density at radius 2 is 2.27 bits per heavy atom. The van der Waals surface area contributed by atoms with Gasteiger partial charge < -0.3 is 15.2 Å². The van der Waals surface area contributed by atoms with Crippen molar-refractivity contribution in [1.29, 1.82) is 0 Å². The van der Waals surface area contributed by atoms with Crippen LogP contribution in [0.5, 0.6) is 11.5 Å². The predicted octanol–water partition coefficient (Wildman–Crippen LogP) is 2.07. The monoisotopic (exact) mass is 207 g/mol. The van der Waals surface area contributed by atoms with Gasteiger partial charge in [-0.3, -0.25) is 0 Å². The van der Waals surface area contributed by atoms with Crippen LogP contribution in [0.1, 0.15) is 12.5 Å². The molecule has 0 unspecified atom stereocenters. The topological polar surface area (TPSA) is 41.5 Å². The highest BCUT2D eigenvalue weighted by atomic mass is 16.5. The Balaban J connectivity index is 2.62. The number of aromatic hydroxyl groups is 1. The molecule has 0 radical (unpaired) electrons. The predicted molar refractivity (Wildman–Crippen MR) is 61.2 cm³/mol. The number of phenolic OH excluding ortho intramolecular Hbond substituents is 1. The van der Waals surface area contributed by atoms with Crippen molar-refractivity contribution in [2.75, 3.05) is 13.7 Å². The van der Waals surface area contributed by atoms with Gasteiger partial charge in [-0.25, -0.2) is 0 Å². The third kappa shape index (κ3) is 3.64. The Hall–Kier alpha value is -1.48. The standard InChI is InChI=1S/C12H17NO2/c1-9(2)7-13-8-10-6-11(15-3)4-5-12(10)14/h4-6,13-14H,1,7-8H2,2-3H3. The van der Waals surface area contributed by atoms with Crippen LogP contribution < -0.4 is 10.1 Å². The van der Waals surface area contributed by atoms with Crippen molar-refractivity contribution in [3.63, 3.8) is 0 Å². The molecule has 3 nitrogen and oxygen atoms in total. The second kappa shape index (κ2) is 5.41. The van der Waals surface area contributed by atoms with Gasteiger partial charge in [-0.2, -0.15) is 0 Å². The normalized spacial score (nSPS) is 10.0. The van der Waals surface area contributed by atoms with Gasteiger partial charge >= 0.3 is 0 Å². The van der Waals surface area contributed by atoms with Gasteiger partial charge in [0, 0.05) is 18.7 Å². The summed E-state index contributed by atoms with van der Waals surface area (Å²) in [6, 6.07) is 5.19. The van der Waals surface area contributed by atoms with Crippen LogP contribution in [0.4, 0.5) is 0 Å². The highest BCUT2D eigenvalue weighted by Gasteiger charge is 2.02. The molecule has 0 spiro atoms. The van der Waals surface area contributed by atoms with Gasteiger partial charge in [0.15, 0.2) is 0 Å². The minimum atomic E-state index is 0.282. The van der Waals surface area contributed by atoms with Gasteiger partial charge in [-0.1, -0.05) is 12.2 Å². The Labute approximate surface area is 90.4 Å². The van der Waals surface area contributed by atoms with Crippen molar-refractivity contribution in [3.05, 3.63) is 35.9 Å². The van der Waals surface area contributed by atoms with E-state index in [0.29, 0.717) is 6.54 Å². The average molecular weight is 207 g/mol. The zero-order valence-corrected chi connectivity index (χ0v) is 9.21. The van der Waals surface area contributed by atoms with E-state index >= 15 is 0 Å². The van der Waals surface area contributed by atoms with Gasteiger partial charge in [-0.15, -0.1) is 0 Å². The van der Waals surface area contributed by atoms with Gasteiger partial charge in [0.25, 0.3) is 0 Å². The molecule has 0 aliphatic carbocycles. The van der Waals surface area contributed by atoms with Gasteiger partial charge in [0.1, 0.15) is 11.5 Å². The molecule has 0 heterocycles. The summed E-state index contributed by atoms with van der Waals surface area (Å²) in [6.07, 6.45) is 0. The molecule has 0 aliphatic rings. The molecule has 3 heteroatoms. The first-order chi connectivity index (χ1) is 7.13. The number of nitrogens with one attached hydrogen (secondary N) is 1. The van der Waals surface area contributed by atoms with E-state index in [9.17, 15) is 5.11 Å². The lowest BCUT2D eigenvalue weighted by molar-refractivity contribution is 0.410. The van der Waals surface area contributed by atoms with Gasteiger partial charge in [0.2, 0.25) is 0 Å². The van der Waals surface area contributed by atoms with Crippen LogP contribution in [0.3, 0.4) is 0 Å². The lowest BCUT2D eigenvalue weighted by atomic mass is 10.2. The van der Waals surface area contributed by atoms with Gasteiger partial charge in [0.05, 0.1) is 7.11 Å². The molecule has 0 aliphatic heterocycles. The summed E-state index contributed by atoms with van der Waals surface area (Å²) >= 11 is 0. The molecule has 1 rings (SSSR count). The lowest BCUT2D eigenvalue weighted by Gasteiger charge is -2.08. The zero-order chi connectivity index (χ0) is 11.3. The molecule has 2 N–H and O–H groups in total. The summed E-state index contributed by atoms with van der Waals surface area (Å²) in [7, 11) is 1.61. The summed E-state index contributed by atoms with van der Waals surface area (Å²) < 4.78 is 5.08. The molecule has 82 valence electrons. The second-order valence-corrected chi connectivity index (χ2v) is 3.56. The smallest absolute Gasteiger partial charge is 0.120 e. The quantitative estimate of drug-likeness (QED) is 0.726. The maximum Gasteiger partial charge on any atom is 0.120 e. The van der Waals surface area contributed by atoms with Crippen LogP contribution in [0, 0.1) is 0 Å². The number of rotatable bonds is 5. The molecule has 0 atom stereocenters. The molecule has 0 fully saturated rings. The number of hydrogen-bond donors (Lipinski definition) is 2. The number of benzene rings is 1. The molecular weight excluding hydrogens is 190 g/mol. The van der Waals surface area contributed by atoms with Crippen molar-refractivity contribution in [2.45, 2.75) is 13.5 Å². The molecule has 0 amide bonds. The first kappa shape index (κ1) is 11.6. The number of hydrogen-bond acceptors (Lipinski definition) is 3.